The van der Waals surface area contributed by atoms with Crippen LogP contribution in [0.3, 0.4) is 0 Å². The van der Waals surface area contributed by atoms with E-state index in [0.29, 0.717) is 23.8 Å². The lowest BCUT2D eigenvalue weighted by Crippen LogP contribution is -2.27. The van der Waals surface area contributed by atoms with Crippen LogP contribution < -0.4 is 0 Å². The molecule has 1 aromatic rings. The summed E-state index contributed by atoms with van der Waals surface area (Å²) < 4.78 is 0. The van der Waals surface area contributed by atoms with E-state index in [9.17, 15) is 14.7 Å². The summed E-state index contributed by atoms with van der Waals surface area (Å²) >= 11 is 0. The van der Waals surface area contributed by atoms with Crippen molar-refractivity contribution in [3.05, 3.63) is 46.9 Å². The van der Waals surface area contributed by atoms with Crippen molar-refractivity contribution in [3.63, 3.8) is 0 Å². The number of carbonyl (C=O) groups excluding carboxylic acids is 1. The van der Waals surface area contributed by atoms with Gasteiger partial charge in [0.2, 0.25) is 0 Å². The summed E-state index contributed by atoms with van der Waals surface area (Å²) in [5, 5.41) is 9.36. The third kappa shape index (κ3) is 2.84. The molecule has 1 heterocycles. The number of ketones is 1. The highest BCUT2D eigenvalue weighted by atomic mass is 32.3. The molecule has 0 amide bonds. The maximum Gasteiger partial charge on any atom is 0.351 e. The molecule has 4 heteroatoms. The zero-order chi connectivity index (χ0) is 15.6. The second-order valence-electron chi connectivity index (χ2n) is 6.23. The van der Waals surface area contributed by atoms with E-state index in [-0.39, 0.29) is 5.78 Å². The molecule has 1 aliphatic carbocycles. The molecule has 0 aromatic heterocycles. The Balaban J connectivity index is 2.01. The minimum Gasteiger partial charge on any atom is -0.474 e. The Labute approximate surface area is 132 Å². The lowest BCUT2D eigenvalue weighted by Gasteiger charge is -2.42. The molecule has 0 bridgehead atoms. The molecule has 3 nitrogen and oxygen atoms in total. The van der Waals surface area contributed by atoms with Crippen molar-refractivity contribution < 1.29 is 14.7 Å². The summed E-state index contributed by atoms with van der Waals surface area (Å²) in [6, 6.07) is 9.86. The Hall–Kier alpha value is -1.55. The number of benzene rings is 1. The lowest BCUT2D eigenvalue weighted by molar-refractivity contribution is -0.114. The fourth-order valence-corrected chi connectivity index (χ4v) is 7.24. The van der Waals surface area contributed by atoms with Crippen LogP contribution in [0, 0.1) is 5.92 Å². The first-order valence-electron chi connectivity index (χ1n) is 7.92. The van der Waals surface area contributed by atoms with E-state index in [4.69, 9.17) is 0 Å². The highest BCUT2D eigenvalue weighted by molar-refractivity contribution is 8.47. The van der Waals surface area contributed by atoms with Crippen molar-refractivity contribution in [1.82, 2.24) is 0 Å². The van der Waals surface area contributed by atoms with Gasteiger partial charge in [-0.25, -0.2) is 4.79 Å². The Morgan fingerprint density at radius 2 is 1.86 bits per heavy atom. The van der Waals surface area contributed by atoms with Gasteiger partial charge in [0.1, 0.15) is 0 Å². The van der Waals surface area contributed by atoms with Crippen LogP contribution in [0.2, 0.25) is 0 Å². The van der Waals surface area contributed by atoms with E-state index in [0.717, 1.165) is 36.2 Å². The van der Waals surface area contributed by atoms with Crippen LogP contribution in [0.25, 0.3) is 0 Å². The van der Waals surface area contributed by atoms with E-state index in [1.807, 2.05) is 30.3 Å². The first kappa shape index (κ1) is 15.3. The Morgan fingerprint density at radius 1 is 1.18 bits per heavy atom. The predicted octanol–water partition coefficient (Wildman–Crippen LogP) is 4.72. The molecule has 1 aliphatic heterocycles. The van der Waals surface area contributed by atoms with Crippen molar-refractivity contribution in [3.8, 4) is 0 Å². The summed E-state index contributed by atoms with van der Waals surface area (Å²) in [6.45, 7) is 0. The average Bonchev–Trinajstić information content (AvgIpc) is 3.04. The van der Waals surface area contributed by atoms with Gasteiger partial charge in [0.05, 0.1) is 0 Å². The Morgan fingerprint density at radius 3 is 2.50 bits per heavy atom. The van der Waals surface area contributed by atoms with Gasteiger partial charge in [0.25, 0.3) is 0 Å². The minimum atomic E-state index is -1.97. The zero-order valence-electron chi connectivity index (χ0n) is 12.7. The molecule has 1 aromatic carbocycles. The second-order valence-corrected chi connectivity index (χ2v) is 9.51. The maximum atomic E-state index is 12.2. The van der Waals surface area contributed by atoms with Gasteiger partial charge in [-0.1, -0.05) is 43.2 Å². The van der Waals surface area contributed by atoms with Crippen LogP contribution in [-0.2, 0) is 10.5 Å². The molecule has 118 valence electrons. The number of hydrogen-bond acceptors (Lipinski definition) is 2. The van der Waals surface area contributed by atoms with Gasteiger partial charge in [-0.05, 0) is 41.1 Å². The van der Waals surface area contributed by atoms with Crippen LogP contribution in [0.1, 0.15) is 37.7 Å². The number of carbonyl (C=O) groups is 2. The number of allylic oxidation sites excluding steroid dienone is 2. The first-order valence-corrected chi connectivity index (χ1v) is 9.89. The molecule has 1 fully saturated rings. The predicted molar refractivity (Wildman–Crippen MR) is 90.3 cm³/mol. The van der Waals surface area contributed by atoms with E-state index < -0.39 is 15.3 Å². The highest BCUT2D eigenvalue weighted by Crippen LogP contribution is 2.64. The molecule has 2 aliphatic rings. The van der Waals surface area contributed by atoms with Crippen molar-refractivity contribution in [2.24, 2.45) is 5.92 Å². The molecular weight excluding hydrogens is 296 g/mol. The van der Waals surface area contributed by atoms with Crippen LogP contribution in [0.5, 0.6) is 0 Å². The average molecular weight is 318 g/mol. The minimum absolute atomic E-state index is 0.110. The van der Waals surface area contributed by atoms with E-state index >= 15 is 0 Å². The van der Waals surface area contributed by atoms with Crippen molar-refractivity contribution in [1.29, 1.82) is 0 Å². The van der Waals surface area contributed by atoms with Gasteiger partial charge in [-0.15, -0.1) is 10.0 Å². The summed E-state index contributed by atoms with van der Waals surface area (Å²) in [5.41, 5.74) is 1.07. The molecule has 0 radical (unpaired) electrons. The highest BCUT2D eigenvalue weighted by Gasteiger charge is 2.43. The van der Waals surface area contributed by atoms with E-state index in [1.165, 1.54) is 0 Å². The third-order valence-corrected chi connectivity index (χ3v) is 8.55. The third-order valence-electron chi connectivity index (χ3n) is 4.80. The van der Waals surface area contributed by atoms with Gasteiger partial charge < -0.3 is 5.11 Å². The molecule has 1 atom stereocenters. The zero-order valence-corrected chi connectivity index (χ0v) is 13.5. The summed E-state index contributed by atoms with van der Waals surface area (Å²) in [7, 11) is -1.97. The quantitative estimate of drug-likeness (QED) is 0.877. The number of rotatable bonds is 3. The molecule has 0 spiro atoms. The topological polar surface area (TPSA) is 54.4 Å². The van der Waals surface area contributed by atoms with Crippen LogP contribution in [0.4, 0.5) is 4.79 Å². The van der Waals surface area contributed by atoms with Crippen molar-refractivity contribution >= 4 is 21.1 Å². The fraction of sp³-hybridized carbons (Fsp3) is 0.444. The van der Waals surface area contributed by atoms with Crippen molar-refractivity contribution in [2.75, 3.05) is 5.75 Å². The fourth-order valence-electron chi connectivity index (χ4n) is 3.65. The molecule has 1 unspecified atom stereocenters. The second kappa shape index (κ2) is 6.29. The van der Waals surface area contributed by atoms with Crippen molar-refractivity contribution in [2.45, 2.75) is 37.9 Å². The maximum absolute atomic E-state index is 12.2. The smallest absolute Gasteiger partial charge is 0.351 e. The summed E-state index contributed by atoms with van der Waals surface area (Å²) in [5.74, 6) is 1.50. The van der Waals surface area contributed by atoms with E-state index in [1.54, 1.807) is 6.08 Å². The SMILES string of the molecule is O=C1C=C(C2CCCC2)S(Cc2ccccc2)(C(=O)O)CC1. The summed E-state index contributed by atoms with van der Waals surface area (Å²) in [6.07, 6.45) is 6.45. The largest absolute Gasteiger partial charge is 0.474 e. The van der Waals surface area contributed by atoms with E-state index in [2.05, 4.69) is 0 Å². The van der Waals surface area contributed by atoms with Crippen LogP contribution in [0.15, 0.2) is 41.3 Å². The Kier molecular flexibility index (Phi) is 4.39. The van der Waals surface area contributed by atoms with Gasteiger partial charge in [-0.3, -0.25) is 4.79 Å². The normalized spacial score (nSPS) is 28.9. The molecule has 3 rings (SSSR count). The molecule has 0 saturated heterocycles. The lowest BCUT2D eigenvalue weighted by atomic mass is 10.1. The molecule has 1 saturated carbocycles. The summed E-state index contributed by atoms with van der Waals surface area (Å²) in [4.78, 5) is 25.1. The first-order chi connectivity index (χ1) is 10.6. The number of carboxylic acid groups (broad SMARTS) is 1. The molecule has 1 N–H and O–H groups in total. The Bertz CT molecular complexity index is 602. The van der Waals surface area contributed by atoms with Crippen LogP contribution in [-0.4, -0.2) is 21.9 Å². The molecule has 22 heavy (non-hydrogen) atoms. The monoisotopic (exact) mass is 318 g/mol. The molecular formula is C18H22O3S. The number of hydrogen-bond donors (Lipinski definition) is 1. The van der Waals surface area contributed by atoms with Gasteiger partial charge in [0.15, 0.2) is 5.78 Å². The van der Waals surface area contributed by atoms with Gasteiger partial charge in [-0.2, -0.15) is 0 Å². The van der Waals surface area contributed by atoms with Gasteiger partial charge >= 0.3 is 5.30 Å². The van der Waals surface area contributed by atoms with Crippen LogP contribution >= 0.6 is 10.0 Å². The standard InChI is InChI=1S/C18H22O3S/c19-16-10-11-22(18(20)21,13-14-6-2-1-3-7-14)17(12-16)15-8-4-5-9-15/h1-3,6-7,12,15H,4-5,8-11,13H2,(H,20,21). The van der Waals surface area contributed by atoms with Gasteiger partial charge in [0, 0.05) is 12.2 Å².